The third-order valence-corrected chi connectivity index (χ3v) is 7.11. The number of fused-ring (bicyclic) bond motifs is 1. The van der Waals surface area contributed by atoms with Gasteiger partial charge < -0.3 is 25.0 Å². The summed E-state index contributed by atoms with van der Waals surface area (Å²) in [6.07, 6.45) is 3.09. The summed E-state index contributed by atoms with van der Waals surface area (Å²) in [7, 11) is 3.18. The second-order valence-electron chi connectivity index (χ2n) is 8.84. The molecule has 0 spiro atoms. The Morgan fingerprint density at radius 1 is 0.971 bits per heavy atom. The molecule has 1 aromatic heterocycles. The minimum atomic E-state index is 0.102. The van der Waals surface area contributed by atoms with E-state index in [2.05, 4.69) is 14.8 Å². The first-order valence-corrected chi connectivity index (χ1v) is 12.0. The standard InChI is InChI=1S/C26H28ClN5O3/c1-34-23-14-20-22(15-24(23)35-2)29-26(30-25(20)28)32-9-7-31(8-10-32)17-11-16(12-18(33)13-17)19-5-3-4-6-21(19)27/h3-6,13-16H,7-12H2,1-2H3,(H2,28,29,30). The molecule has 0 bridgehead atoms. The number of carbonyl (C=O) groups excluding carboxylic acids is 1. The molecule has 0 saturated carbocycles. The Morgan fingerprint density at radius 3 is 2.37 bits per heavy atom. The molecule has 5 rings (SSSR count). The number of anilines is 2. The van der Waals surface area contributed by atoms with Gasteiger partial charge in [-0.05, 0) is 30.0 Å². The van der Waals surface area contributed by atoms with E-state index >= 15 is 0 Å². The van der Waals surface area contributed by atoms with E-state index in [1.807, 2.05) is 30.3 Å². The molecule has 1 saturated heterocycles. The quantitative estimate of drug-likeness (QED) is 0.569. The number of halogens is 1. The number of nitrogen functional groups attached to an aromatic ring is 1. The van der Waals surface area contributed by atoms with Gasteiger partial charge in [-0.15, -0.1) is 0 Å². The molecule has 2 N–H and O–H groups in total. The van der Waals surface area contributed by atoms with Gasteiger partial charge >= 0.3 is 0 Å². The van der Waals surface area contributed by atoms with Gasteiger partial charge in [-0.25, -0.2) is 4.98 Å². The van der Waals surface area contributed by atoms with Gasteiger partial charge in [0.15, 0.2) is 17.3 Å². The van der Waals surface area contributed by atoms with Crippen LogP contribution in [0.2, 0.25) is 5.02 Å². The van der Waals surface area contributed by atoms with E-state index in [-0.39, 0.29) is 11.7 Å². The van der Waals surface area contributed by atoms with Crippen molar-refractivity contribution in [3.8, 4) is 11.5 Å². The number of hydrogen-bond acceptors (Lipinski definition) is 8. The van der Waals surface area contributed by atoms with Gasteiger partial charge in [0, 0.05) is 60.8 Å². The van der Waals surface area contributed by atoms with E-state index in [0.29, 0.717) is 35.2 Å². The summed E-state index contributed by atoms with van der Waals surface area (Å²) < 4.78 is 10.8. The van der Waals surface area contributed by atoms with Crippen molar-refractivity contribution < 1.29 is 14.3 Å². The molecule has 3 aromatic rings. The van der Waals surface area contributed by atoms with Crippen LogP contribution in [0.3, 0.4) is 0 Å². The average Bonchev–Trinajstić information content (AvgIpc) is 2.88. The first-order valence-electron chi connectivity index (χ1n) is 11.6. The van der Waals surface area contributed by atoms with Crippen LogP contribution in [0.5, 0.6) is 11.5 Å². The van der Waals surface area contributed by atoms with Crippen LogP contribution < -0.4 is 20.1 Å². The molecule has 35 heavy (non-hydrogen) atoms. The van der Waals surface area contributed by atoms with E-state index in [0.717, 1.165) is 54.3 Å². The largest absolute Gasteiger partial charge is 0.493 e. The molecule has 1 aliphatic carbocycles. The Bertz CT molecular complexity index is 1300. The summed E-state index contributed by atoms with van der Waals surface area (Å²) in [6, 6.07) is 11.4. The molecule has 1 unspecified atom stereocenters. The van der Waals surface area contributed by atoms with Crippen molar-refractivity contribution in [3.05, 3.63) is 58.8 Å². The molecule has 8 nitrogen and oxygen atoms in total. The highest BCUT2D eigenvalue weighted by molar-refractivity contribution is 6.31. The van der Waals surface area contributed by atoms with Crippen molar-refractivity contribution >= 4 is 40.1 Å². The lowest BCUT2D eigenvalue weighted by atomic mass is 9.85. The number of piperazine rings is 1. The Hall–Kier alpha value is -3.52. The van der Waals surface area contributed by atoms with Gasteiger partial charge in [-0.3, -0.25) is 4.79 Å². The normalized spacial score (nSPS) is 18.5. The number of ether oxygens (including phenoxy) is 2. The monoisotopic (exact) mass is 493 g/mol. The minimum absolute atomic E-state index is 0.102. The molecule has 2 aliphatic rings. The molecule has 1 aliphatic heterocycles. The fraction of sp³-hybridized carbons (Fsp3) is 0.346. The first-order chi connectivity index (χ1) is 17.0. The number of benzene rings is 2. The number of allylic oxidation sites excluding steroid dienone is 2. The van der Waals surface area contributed by atoms with Gasteiger partial charge in [0.2, 0.25) is 5.95 Å². The SMILES string of the molecule is COc1cc2nc(N3CCN(C4=CC(=O)CC(c5ccccc5Cl)C4)CC3)nc(N)c2cc1OC. The smallest absolute Gasteiger partial charge is 0.228 e. The van der Waals surface area contributed by atoms with E-state index in [9.17, 15) is 4.79 Å². The molecule has 2 heterocycles. The topological polar surface area (TPSA) is 93.8 Å². The zero-order chi connectivity index (χ0) is 24.5. The highest BCUT2D eigenvalue weighted by atomic mass is 35.5. The lowest BCUT2D eigenvalue weighted by molar-refractivity contribution is -0.115. The summed E-state index contributed by atoms with van der Waals surface area (Å²) in [5.74, 6) is 2.41. The molecular weight excluding hydrogens is 466 g/mol. The fourth-order valence-corrected chi connectivity index (χ4v) is 5.21. The number of methoxy groups -OCH3 is 2. The van der Waals surface area contributed by atoms with Crippen molar-refractivity contribution in [2.45, 2.75) is 18.8 Å². The predicted octanol–water partition coefficient (Wildman–Crippen LogP) is 4.04. The molecule has 9 heteroatoms. The highest BCUT2D eigenvalue weighted by Gasteiger charge is 2.29. The van der Waals surface area contributed by atoms with Gasteiger partial charge in [0.1, 0.15) is 5.82 Å². The van der Waals surface area contributed by atoms with Crippen LogP contribution in [0.25, 0.3) is 10.9 Å². The van der Waals surface area contributed by atoms with Crippen molar-refractivity contribution in [1.82, 2.24) is 14.9 Å². The molecule has 0 radical (unpaired) electrons. The summed E-state index contributed by atoms with van der Waals surface area (Å²) in [6.45, 7) is 2.98. The average molecular weight is 494 g/mol. The number of nitrogens with zero attached hydrogens (tertiary/aromatic N) is 4. The van der Waals surface area contributed by atoms with Gasteiger partial charge in [0.05, 0.1) is 19.7 Å². The summed E-state index contributed by atoms with van der Waals surface area (Å²) in [5.41, 5.74) is 9.10. The number of hydrogen-bond donors (Lipinski definition) is 1. The molecule has 1 atom stereocenters. The minimum Gasteiger partial charge on any atom is -0.493 e. The second-order valence-corrected chi connectivity index (χ2v) is 9.24. The first kappa shape index (κ1) is 23.2. The van der Waals surface area contributed by atoms with Crippen LogP contribution in [-0.2, 0) is 4.79 Å². The maximum Gasteiger partial charge on any atom is 0.228 e. The number of nitrogens with two attached hydrogens (primary N) is 1. The maximum atomic E-state index is 12.5. The maximum absolute atomic E-state index is 12.5. The third-order valence-electron chi connectivity index (χ3n) is 6.76. The zero-order valence-electron chi connectivity index (χ0n) is 19.8. The summed E-state index contributed by atoms with van der Waals surface area (Å²) in [4.78, 5) is 26.3. The molecule has 1 fully saturated rings. The molecule has 2 aromatic carbocycles. The number of aromatic nitrogens is 2. The van der Waals surface area contributed by atoms with E-state index in [1.165, 1.54) is 0 Å². The zero-order valence-corrected chi connectivity index (χ0v) is 20.6. The Morgan fingerprint density at radius 2 is 1.66 bits per heavy atom. The Kier molecular flexibility index (Phi) is 6.38. The van der Waals surface area contributed by atoms with Crippen molar-refractivity contribution in [3.63, 3.8) is 0 Å². The lowest BCUT2D eigenvalue weighted by Gasteiger charge is -2.39. The van der Waals surface area contributed by atoms with Crippen molar-refractivity contribution in [2.75, 3.05) is 51.0 Å². The van der Waals surface area contributed by atoms with Crippen molar-refractivity contribution in [2.24, 2.45) is 0 Å². The van der Waals surface area contributed by atoms with Crippen LogP contribution in [0.15, 0.2) is 48.2 Å². The van der Waals surface area contributed by atoms with Crippen molar-refractivity contribution in [1.29, 1.82) is 0 Å². The summed E-state index contributed by atoms with van der Waals surface area (Å²) >= 11 is 6.43. The van der Waals surface area contributed by atoms with Crippen LogP contribution in [0.4, 0.5) is 11.8 Å². The Balaban J connectivity index is 1.32. The number of carbonyl (C=O) groups is 1. The van der Waals surface area contributed by atoms with E-state index < -0.39 is 0 Å². The van der Waals surface area contributed by atoms with Crippen LogP contribution in [-0.4, -0.2) is 61.0 Å². The van der Waals surface area contributed by atoms with Crippen LogP contribution >= 0.6 is 11.6 Å². The van der Waals surface area contributed by atoms with Gasteiger partial charge in [0.25, 0.3) is 0 Å². The second kappa shape index (κ2) is 9.62. The van der Waals surface area contributed by atoms with Crippen LogP contribution in [0, 0.1) is 0 Å². The Labute approximate surface area is 209 Å². The predicted molar refractivity (Wildman–Crippen MR) is 137 cm³/mol. The van der Waals surface area contributed by atoms with E-state index in [1.54, 1.807) is 26.4 Å². The fourth-order valence-electron chi connectivity index (χ4n) is 4.92. The van der Waals surface area contributed by atoms with Gasteiger partial charge in [-0.1, -0.05) is 29.8 Å². The van der Waals surface area contributed by atoms with E-state index in [4.69, 9.17) is 31.8 Å². The number of ketones is 1. The van der Waals surface area contributed by atoms with Crippen LogP contribution in [0.1, 0.15) is 24.3 Å². The highest BCUT2D eigenvalue weighted by Crippen LogP contribution is 2.37. The summed E-state index contributed by atoms with van der Waals surface area (Å²) in [5, 5.41) is 1.44. The third kappa shape index (κ3) is 4.58. The molecule has 182 valence electrons. The molecule has 0 amide bonds. The number of rotatable bonds is 5. The molecular formula is C26H28ClN5O3. The van der Waals surface area contributed by atoms with Gasteiger partial charge in [-0.2, -0.15) is 4.98 Å². The lowest BCUT2D eigenvalue weighted by Crippen LogP contribution is -2.47.